The molecule has 2 aliphatic heterocycles. The lowest BCUT2D eigenvalue weighted by Gasteiger charge is -2.43. The molecule has 1 N–H and O–H groups in total. The van der Waals surface area contributed by atoms with Crippen molar-refractivity contribution in [3.8, 4) is 5.75 Å². The maximum absolute atomic E-state index is 12.9. The highest BCUT2D eigenvalue weighted by molar-refractivity contribution is 8.01. The topological polar surface area (TPSA) is 128 Å². The first-order valence-corrected chi connectivity index (χ1v) is 11.4. The summed E-state index contributed by atoms with van der Waals surface area (Å²) in [4.78, 5) is 49.7. The number of fused-ring (bicyclic) bond motifs is 1. The maximum atomic E-state index is 12.9. The van der Waals surface area contributed by atoms with Gasteiger partial charge in [0.15, 0.2) is 6.61 Å². The summed E-state index contributed by atoms with van der Waals surface area (Å²) in [6.07, 6.45) is 0. The van der Waals surface area contributed by atoms with Gasteiger partial charge in [-0.25, -0.2) is 4.79 Å². The maximum Gasteiger partial charge on any atom is 0.330 e. The summed E-state index contributed by atoms with van der Waals surface area (Å²) < 4.78 is 10.2. The summed E-state index contributed by atoms with van der Waals surface area (Å²) in [6, 6.07) is 13.0. The van der Waals surface area contributed by atoms with Crippen molar-refractivity contribution in [3.05, 3.63) is 70.3 Å². The number of nitrogens with zero attached hydrogens (tertiary/aromatic N) is 2. The van der Waals surface area contributed by atoms with Gasteiger partial charge < -0.3 is 19.7 Å². The van der Waals surface area contributed by atoms with Crippen LogP contribution in [-0.4, -0.2) is 56.4 Å². The Morgan fingerprint density at radius 1 is 1.15 bits per heavy atom. The third-order valence-electron chi connectivity index (χ3n) is 5.62. The van der Waals surface area contributed by atoms with Gasteiger partial charge in [0.25, 0.3) is 11.6 Å². The molecule has 2 fully saturated rings. The third kappa shape index (κ3) is 4.69. The first kappa shape index (κ1) is 23.6. The summed E-state index contributed by atoms with van der Waals surface area (Å²) in [6.45, 7) is 3.39. The van der Waals surface area contributed by atoms with E-state index in [0.29, 0.717) is 11.3 Å². The van der Waals surface area contributed by atoms with Crippen LogP contribution in [0, 0.1) is 10.1 Å². The van der Waals surface area contributed by atoms with Crippen LogP contribution in [0.3, 0.4) is 0 Å². The predicted octanol–water partition coefficient (Wildman–Crippen LogP) is 2.26. The zero-order valence-corrected chi connectivity index (χ0v) is 19.3. The number of carbonyl (C=O) groups excluding carboxylic acids is 3. The van der Waals surface area contributed by atoms with E-state index in [2.05, 4.69) is 5.32 Å². The first-order valence-electron chi connectivity index (χ1n) is 10.5. The van der Waals surface area contributed by atoms with Gasteiger partial charge in [-0.2, -0.15) is 0 Å². The molecular weight excluding hydrogens is 462 g/mol. The number of thioether (sulfide) groups is 1. The number of non-ortho nitro benzene ring substituents is 1. The van der Waals surface area contributed by atoms with E-state index >= 15 is 0 Å². The Kier molecular flexibility index (Phi) is 6.47. The van der Waals surface area contributed by atoms with Crippen LogP contribution in [0.2, 0.25) is 0 Å². The number of benzene rings is 2. The fourth-order valence-electron chi connectivity index (χ4n) is 3.95. The summed E-state index contributed by atoms with van der Waals surface area (Å²) >= 11 is 1.42. The minimum atomic E-state index is -0.818. The third-order valence-corrected chi connectivity index (χ3v) is 7.19. The van der Waals surface area contributed by atoms with Crippen LogP contribution in [0.15, 0.2) is 54.6 Å². The van der Waals surface area contributed by atoms with Crippen molar-refractivity contribution >= 4 is 35.2 Å². The molecular formula is C23H23N3O7S. The number of nitro benzene ring substituents is 1. The Balaban J connectivity index is 1.33. The van der Waals surface area contributed by atoms with Crippen LogP contribution < -0.4 is 10.1 Å². The van der Waals surface area contributed by atoms with Gasteiger partial charge in [-0.3, -0.25) is 19.7 Å². The Morgan fingerprint density at radius 3 is 2.47 bits per heavy atom. The molecule has 10 nitrogen and oxygen atoms in total. The van der Waals surface area contributed by atoms with Crippen LogP contribution in [0.25, 0.3) is 0 Å². The standard InChI is InChI=1S/C23H23N3O7S/c1-23(2)19(22(29)33-12-14-8-10-15(11-9-14)26(30)31)25-20(28)18(21(25)34-23)24-17(27)13-32-16-6-4-3-5-7-16/h3-11,18-19,21H,12-13H2,1-2H3,(H,24,27)/t18-,19+,21-/m1/s1. The lowest BCUT2D eigenvalue weighted by Crippen LogP contribution is -2.71. The highest BCUT2D eigenvalue weighted by Gasteiger charge is 2.64. The zero-order valence-electron chi connectivity index (χ0n) is 18.5. The quantitative estimate of drug-likeness (QED) is 0.261. The number of hydrogen-bond acceptors (Lipinski definition) is 8. The van der Waals surface area contributed by atoms with Gasteiger partial charge in [-0.05, 0) is 43.7 Å². The molecule has 0 unspecified atom stereocenters. The van der Waals surface area contributed by atoms with E-state index in [1.165, 1.54) is 40.9 Å². The number of β-lactam (4-membered cyclic amide) rings is 1. The second-order valence-corrected chi connectivity index (χ2v) is 10.2. The van der Waals surface area contributed by atoms with Crippen molar-refractivity contribution in [2.45, 2.75) is 42.7 Å². The van der Waals surface area contributed by atoms with Crippen molar-refractivity contribution in [2.75, 3.05) is 6.61 Å². The van der Waals surface area contributed by atoms with Crippen LogP contribution in [-0.2, 0) is 25.7 Å². The zero-order chi connectivity index (χ0) is 24.5. The van der Waals surface area contributed by atoms with E-state index in [9.17, 15) is 24.5 Å². The number of hydrogen-bond donors (Lipinski definition) is 1. The number of para-hydroxylation sites is 1. The van der Waals surface area contributed by atoms with Crippen LogP contribution >= 0.6 is 11.8 Å². The average molecular weight is 486 g/mol. The minimum Gasteiger partial charge on any atom is -0.484 e. The molecule has 178 valence electrons. The van der Waals surface area contributed by atoms with E-state index in [-0.39, 0.29) is 30.2 Å². The smallest absolute Gasteiger partial charge is 0.330 e. The Bertz CT molecular complexity index is 1110. The fraction of sp³-hybridized carbons (Fsp3) is 0.348. The molecule has 2 saturated heterocycles. The fourth-order valence-corrected chi connectivity index (χ4v) is 5.58. The normalized spacial score (nSPS) is 22.4. The summed E-state index contributed by atoms with van der Waals surface area (Å²) in [5.74, 6) is -0.798. The molecule has 2 aliphatic rings. The van der Waals surface area contributed by atoms with E-state index < -0.39 is 33.6 Å². The van der Waals surface area contributed by atoms with E-state index in [1.807, 2.05) is 19.9 Å². The molecule has 0 bridgehead atoms. The molecule has 0 spiro atoms. The largest absolute Gasteiger partial charge is 0.484 e. The number of nitro groups is 1. The molecule has 0 saturated carbocycles. The summed E-state index contributed by atoms with van der Waals surface area (Å²) in [5.41, 5.74) is 0.539. The highest BCUT2D eigenvalue weighted by atomic mass is 32.2. The van der Waals surface area contributed by atoms with E-state index in [1.54, 1.807) is 24.3 Å². The minimum absolute atomic E-state index is 0.0559. The molecule has 2 aromatic carbocycles. The molecule has 11 heteroatoms. The lowest BCUT2D eigenvalue weighted by atomic mass is 9.96. The second kappa shape index (κ2) is 9.34. The van der Waals surface area contributed by atoms with Gasteiger partial charge >= 0.3 is 5.97 Å². The molecule has 2 heterocycles. The second-order valence-electron chi connectivity index (χ2n) is 8.44. The van der Waals surface area contributed by atoms with Gasteiger partial charge in [-0.15, -0.1) is 11.8 Å². The van der Waals surface area contributed by atoms with Gasteiger partial charge in [0, 0.05) is 16.9 Å². The van der Waals surface area contributed by atoms with E-state index in [0.717, 1.165) is 0 Å². The van der Waals surface area contributed by atoms with Crippen LogP contribution in [0.5, 0.6) is 5.75 Å². The number of esters is 1. The van der Waals surface area contributed by atoms with Gasteiger partial charge in [0.05, 0.1) is 4.92 Å². The Labute approximate surface area is 199 Å². The SMILES string of the molecule is CC1(C)S[C@@H]2[C@H](NC(=O)COc3ccccc3)C(=O)N2[C@H]1C(=O)OCc1ccc([N+](=O)[O-])cc1. The monoisotopic (exact) mass is 485 g/mol. The molecule has 0 aromatic heterocycles. The van der Waals surface area contributed by atoms with Crippen LogP contribution in [0.1, 0.15) is 19.4 Å². The number of amides is 2. The summed E-state index contributed by atoms with van der Waals surface area (Å²) in [5, 5.41) is 13.1. The van der Waals surface area contributed by atoms with Gasteiger partial charge in [0.2, 0.25) is 5.91 Å². The first-order chi connectivity index (χ1) is 16.2. The molecule has 3 atom stereocenters. The Hall–Kier alpha value is -3.60. The predicted molar refractivity (Wildman–Crippen MR) is 123 cm³/mol. The molecule has 34 heavy (non-hydrogen) atoms. The van der Waals surface area contributed by atoms with Gasteiger partial charge in [-0.1, -0.05) is 18.2 Å². The molecule has 0 aliphatic carbocycles. The molecule has 4 rings (SSSR count). The van der Waals surface area contributed by atoms with Crippen molar-refractivity contribution in [1.82, 2.24) is 10.2 Å². The average Bonchev–Trinajstić information content (AvgIpc) is 3.08. The molecule has 2 aromatic rings. The van der Waals surface area contributed by atoms with Crippen molar-refractivity contribution in [1.29, 1.82) is 0 Å². The Morgan fingerprint density at radius 2 is 1.82 bits per heavy atom. The van der Waals surface area contributed by atoms with E-state index in [4.69, 9.17) is 9.47 Å². The van der Waals surface area contributed by atoms with Crippen molar-refractivity contribution in [2.24, 2.45) is 0 Å². The number of carbonyl (C=O) groups is 3. The number of ether oxygens (including phenoxy) is 2. The lowest BCUT2D eigenvalue weighted by molar-refractivity contribution is -0.384. The molecule has 2 amide bonds. The van der Waals surface area contributed by atoms with Crippen molar-refractivity contribution < 1.29 is 28.8 Å². The number of rotatable bonds is 8. The van der Waals surface area contributed by atoms with Crippen molar-refractivity contribution in [3.63, 3.8) is 0 Å². The molecule has 0 radical (unpaired) electrons. The van der Waals surface area contributed by atoms with Crippen LogP contribution in [0.4, 0.5) is 5.69 Å². The number of nitrogens with one attached hydrogen (secondary N) is 1. The van der Waals surface area contributed by atoms with Gasteiger partial charge in [0.1, 0.15) is 29.8 Å². The summed E-state index contributed by atoms with van der Waals surface area (Å²) in [7, 11) is 0. The highest BCUT2D eigenvalue weighted by Crippen LogP contribution is 2.51.